The van der Waals surface area contributed by atoms with Crippen LogP contribution in [0.1, 0.15) is 52.9 Å². The normalized spacial score (nSPS) is 34.7. The van der Waals surface area contributed by atoms with Crippen LogP contribution in [0.25, 0.3) is 0 Å². The van der Waals surface area contributed by atoms with E-state index in [1.807, 2.05) is 0 Å². The lowest BCUT2D eigenvalue weighted by molar-refractivity contribution is -0.0378. The first-order valence-corrected chi connectivity index (χ1v) is 8.16. The second kappa shape index (κ2) is 6.55. The van der Waals surface area contributed by atoms with Crippen molar-refractivity contribution in [1.29, 1.82) is 0 Å². The second-order valence-electron chi connectivity index (χ2n) is 6.86. The molecule has 0 aromatic heterocycles. The van der Waals surface area contributed by atoms with Crippen LogP contribution < -0.4 is 5.73 Å². The van der Waals surface area contributed by atoms with Crippen molar-refractivity contribution in [3.8, 4) is 0 Å². The molecule has 3 nitrogen and oxygen atoms in total. The van der Waals surface area contributed by atoms with Gasteiger partial charge in [-0.05, 0) is 38.0 Å². The zero-order valence-electron chi connectivity index (χ0n) is 13.0. The lowest BCUT2D eigenvalue weighted by atomic mass is 9.72. The summed E-state index contributed by atoms with van der Waals surface area (Å²) in [6.45, 7) is 10.9. The summed E-state index contributed by atoms with van der Waals surface area (Å²) in [5.74, 6) is 1.61. The summed E-state index contributed by atoms with van der Waals surface area (Å²) in [5.41, 5.74) is 6.88. The monoisotopic (exact) mass is 268 g/mol. The van der Waals surface area contributed by atoms with Crippen molar-refractivity contribution in [3.05, 3.63) is 0 Å². The first kappa shape index (κ1) is 15.3. The van der Waals surface area contributed by atoms with Gasteiger partial charge in [0.25, 0.3) is 0 Å². The zero-order chi connectivity index (χ0) is 13.9. The summed E-state index contributed by atoms with van der Waals surface area (Å²) >= 11 is 0. The van der Waals surface area contributed by atoms with Gasteiger partial charge in [-0.2, -0.15) is 0 Å². The number of nitrogens with two attached hydrogens (primary N) is 1. The summed E-state index contributed by atoms with van der Waals surface area (Å²) < 4.78 is 5.50. The van der Waals surface area contributed by atoms with Gasteiger partial charge in [0.15, 0.2) is 0 Å². The van der Waals surface area contributed by atoms with Crippen molar-refractivity contribution in [2.24, 2.45) is 17.6 Å². The Morgan fingerprint density at radius 1 is 1.21 bits per heavy atom. The summed E-state index contributed by atoms with van der Waals surface area (Å²) in [6.07, 6.45) is 6.51. The molecular formula is C16H32N2O. The molecule has 2 unspecified atom stereocenters. The molecule has 0 radical (unpaired) electrons. The third-order valence-electron chi connectivity index (χ3n) is 5.74. The van der Waals surface area contributed by atoms with Crippen LogP contribution in [0.4, 0.5) is 0 Å². The fraction of sp³-hybridized carbons (Fsp3) is 1.00. The fourth-order valence-electron chi connectivity index (χ4n) is 3.90. The van der Waals surface area contributed by atoms with Gasteiger partial charge in [-0.1, -0.05) is 26.7 Å². The average Bonchev–Trinajstić information content (AvgIpc) is 2.47. The molecule has 0 aromatic carbocycles. The maximum atomic E-state index is 6.73. The van der Waals surface area contributed by atoms with Crippen LogP contribution in [0.2, 0.25) is 0 Å². The van der Waals surface area contributed by atoms with Crippen LogP contribution in [-0.2, 0) is 4.74 Å². The summed E-state index contributed by atoms with van der Waals surface area (Å²) in [5, 5.41) is 0. The Hall–Kier alpha value is -0.120. The first-order chi connectivity index (χ1) is 9.08. The van der Waals surface area contributed by atoms with E-state index in [4.69, 9.17) is 10.5 Å². The maximum Gasteiger partial charge on any atom is 0.0594 e. The molecule has 2 N–H and O–H groups in total. The molecule has 1 aliphatic heterocycles. The number of rotatable bonds is 4. The van der Waals surface area contributed by atoms with Gasteiger partial charge in [-0.15, -0.1) is 0 Å². The Kier molecular flexibility index (Phi) is 5.27. The Balaban J connectivity index is 2.02. The van der Waals surface area contributed by atoms with Crippen molar-refractivity contribution < 1.29 is 4.74 Å². The van der Waals surface area contributed by atoms with E-state index in [-0.39, 0.29) is 5.54 Å². The maximum absolute atomic E-state index is 6.73. The van der Waals surface area contributed by atoms with Crippen LogP contribution >= 0.6 is 0 Å². The highest BCUT2D eigenvalue weighted by Crippen LogP contribution is 2.36. The van der Waals surface area contributed by atoms with Crippen LogP contribution in [0.3, 0.4) is 0 Å². The largest absolute Gasteiger partial charge is 0.379 e. The Labute approximate surface area is 118 Å². The van der Waals surface area contributed by atoms with Crippen LogP contribution in [0, 0.1) is 11.8 Å². The average molecular weight is 268 g/mol. The molecule has 112 valence electrons. The Bertz CT molecular complexity index is 270. The van der Waals surface area contributed by atoms with Gasteiger partial charge in [0, 0.05) is 24.7 Å². The Morgan fingerprint density at radius 3 is 2.32 bits per heavy atom. The van der Waals surface area contributed by atoms with Gasteiger partial charge >= 0.3 is 0 Å². The lowest BCUT2D eigenvalue weighted by Crippen LogP contribution is -2.63. The quantitative estimate of drug-likeness (QED) is 0.852. The minimum absolute atomic E-state index is 0.148. The molecule has 1 heterocycles. The van der Waals surface area contributed by atoms with Gasteiger partial charge in [0.05, 0.1) is 13.2 Å². The molecular weight excluding hydrogens is 236 g/mol. The van der Waals surface area contributed by atoms with Gasteiger partial charge in [0.2, 0.25) is 0 Å². The fourth-order valence-corrected chi connectivity index (χ4v) is 3.90. The first-order valence-electron chi connectivity index (χ1n) is 8.16. The SMILES string of the molecule is CCC(C)(C(N)C1CCC(C)CC1)N1CCOCC1. The van der Waals surface area contributed by atoms with Gasteiger partial charge in [-0.3, -0.25) is 4.90 Å². The van der Waals surface area contributed by atoms with Crippen molar-refractivity contribution >= 4 is 0 Å². The zero-order valence-corrected chi connectivity index (χ0v) is 13.0. The minimum Gasteiger partial charge on any atom is -0.379 e. The van der Waals surface area contributed by atoms with E-state index in [2.05, 4.69) is 25.7 Å². The minimum atomic E-state index is 0.148. The van der Waals surface area contributed by atoms with E-state index in [0.29, 0.717) is 12.0 Å². The highest BCUT2D eigenvalue weighted by molar-refractivity contribution is 4.99. The molecule has 1 aliphatic carbocycles. The Morgan fingerprint density at radius 2 is 1.79 bits per heavy atom. The number of nitrogens with zero attached hydrogens (tertiary/aromatic N) is 1. The van der Waals surface area contributed by atoms with Crippen molar-refractivity contribution in [3.63, 3.8) is 0 Å². The number of hydrogen-bond acceptors (Lipinski definition) is 3. The van der Waals surface area contributed by atoms with E-state index in [1.54, 1.807) is 0 Å². The summed E-state index contributed by atoms with van der Waals surface area (Å²) in [6, 6.07) is 0.308. The van der Waals surface area contributed by atoms with Gasteiger partial charge < -0.3 is 10.5 Å². The molecule has 19 heavy (non-hydrogen) atoms. The second-order valence-corrected chi connectivity index (χ2v) is 6.86. The molecule has 3 heteroatoms. The lowest BCUT2D eigenvalue weighted by Gasteiger charge is -2.49. The van der Waals surface area contributed by atoms with Crippen LogP contribution in [0.15, 0.2) is 0 Å². The van der Waals surface area contributed by atoms with E-state index < -0.39 is 0 Å². The summed E-state index contributed by atoms with van der Waals surface area (Å²) in [7, 11) is 0. The van der Waals surface area contributed by atoms with Crippen molar-refractivity contribution in [2.75, 3.05) is 26.3 Å². The molecule has 0 aromatic rings. The molecule has 0 spiro atoms. The molecule has 0 bridgehead atoms. The van der Waals surface area contributed by atoms with Crippen LogP contribution in [-0.4, -0.2) is 42.8 Å². The van der Waals surface area contributed by atoms with Crippen LogP contribution in [0.5, 0.6) is 0 Å². The number of morpholine rings is 1. The van der Waals surface area contributed by atoms with Gasteiger partial charge in [0.1, 0.15) is 0 Å². The topological polar surface area (TPSA) is 38.5 Å². The van der Waals surface area contributed by atoms with Crippen molar-refractivity contribution in [2.45, 2.75) is 64.5 Å². The highest BCUT2D eigenvalue weighted by Gasteiger charge is 2.41. The predicted octanol–water partition coefficient (Wildman–Crippen LogP) is 2.64. The number of ether oxygens (including phenoxy) is 1. The molecule has 2 aliphatic rings. The van der Waals surface area contributed by atoms with E-state index in [1.165, 1.54) is 25.7 Å². The predicted molar refractivity (Wildman–Crippen MR) is 80.2 cm³/mol. The van der Waals surface area contributed by atoms with E-state index >= 15 is 0 Å². The van der Waals surface area contributed by atoms with E-state index in [9.17, 15) is 0 Å². The van der Waals surface area contributed by atoms with Crippen molar-refractivity contribution in [1.82, 2.24) is 4.90 Å². The molecule has 2 atom stereocenters. The van der Waals surface area contributed by atoms with Gasteiger partial charge in [-0.25, -0.2) is 0 Å². The third-order valence-corrected chi connectivity index (χ3v) is 5.74. The standard InChI is InChI=1S/C16H32N2O/c1-4-16(3,18-9-11-19-12-10-18)15(17)14-7-5-13(2)6-8-14/h13-15H,4-12,17H2,1-3H3. The number of hydrogen-bond donors (Lipinski definition) is 1. The highest BCUT2D eigenvalue weighted by atomic mass is 16.5. The summed E-state index contributed by atoms with van der Waals surface area (Å²) in [4.78, 5) is 2.58. The third kappa shape index (κ3) is 3.32. The molecule has 2 rings (SSSR count). The molecule has 2 fully saturated rings. The molecule has 1 saturated heterocycles. The molecule has 1 saturated carbocycles. The molecule has 0 amide bonds. The smallest absolute Gasteiger partial charge is 0.0594 e. The van der Waals surface area contributed by atoms with E-state index in [0.717, 1.165) is 38.6 Å².